The van der Waals surface area contributed by atoms with E-state index in [4.69, 9.17) is 0 Å². The van der Waals surface area contributed by atoms with Crippen molar-refractivity contribution in [2.45, 2.75) is 51.0 Å². The molecule has 3 nitrogen and oxygen atoms in total. The molecule has 3 heteroatoms. The summed E-state index contributed by atoms with van der Waals surface area (Å²) < 4.78 is 0. The molecule has 1 N–H and O–H groups in total. The largest absolute Gasteiger partial charge is 0.341 e. The summed E-state index contributed by atoms with van der Waals surface area (Å²) in [6, 6.07) is 0.531. The molecule has 0 spiro atoms. The van der Waals surface area contributed by atoms with Gasteiger partial charge in [-0.05, 0) is 38.6 Å². The maximum Gasteiger partial charge on any atom is 0.222 e. The maximum absolute atomic E-state index is 12.0. The average Bonchev–Trinajstić information content (AvgIpc) is 3.07. The van der Waals surface area contributed by atoms with E-state index in [1.54, 1.807) is 0 Å². The molecule has 2 aliphatic rings. The minimum Gasteiger partial charge on any atom is -0.341 e. The fraction of sp³-hybridized carbons (Fsp3) is 0.923. The van der Waals surface area contributed by atoms with Gasteiger partial charge in [0.15, 0.2) is 0 Å². The normalized spacial score (nSPS) is 25.1. The van der Waals surface area contributed by atoms with E-state index < -0.39 is 0 Å². The number of nitrogens with one attached hydrogen (secondary N) is 1. The maximum atomic E-state index is 12.0. The van der Waals surface area contributed by atoms with E-state index in [0.717, 1.165) is 31.8 Å². The van der Waals surface area contributed by atoms with Crippen molar-refractivity contribution in [3.05, 3.63) is 0 Å². The Balaban J connectivity index is 1.86. The summed E-state index contributed by atoms with van der Waals surface area (Å²) in [6.45, 7) is 1.91. The van der Waals surface area contributed by atoms with Crippen LogP contribution in [0.2, 0.25) is 0 Å². The Morgan fingerprint density at radius 1 is 1.31 bits per heavy atom. The molecule has 0 aromatic rings. The minimum absolute atomic E-state index is 0.376. The van der Waals surface area contributed by atoms with Crippen LogP contribution in [-0.2, 0) is 4.79 Å². The van der Waals surface area contributed by atoms with E-state index >= 15 is 0 Å². The van der Waals surface area contributed by atoms with Gasteiger partial charge in [0, 0.05) is 25.6 Å². The number of carbonyl (C=O) groups excluding carboxylic acids is 1. The van der Waals surface area contributed by atoms with Crippen molar-refractivity contribution in [3.63, 3.8) is 0 Å². The summed E-state index contributed by atoms with van der Waals surface area (Å²) in [4.78, 5) is 14.1. The zero-order valence-corrected chi connectivity index (χ0v) is 10.4. The van der Waals surface area contributed by atoms with Crippen LogP contribution >= 0.6 is 0 Å². The van der Waals surface area contributed by atoms with Gasteiger partial charge in [-0.1, -0.05) is 12.8 Å². The van der Waals surface area contributed by atoms with Crippen LogP contribution in [0.15, 0.2) is 0 Å². The van der Waals surface area contributed by atoms with Gasteiger partial charge in [-0.15, -0.1) is 0 Å². The second-order valence-electron chi connectivity index (χ2n) is 5.24. The first-order valence-electron chi connectivity index (χ1n) is 6.76. The quantitative estimate of drug-likeness (QED) is 0.789. The smallest absolute Gasteiger partial charge is 0.222 e. The predicted octanol–water partition coefficient (Wildman–Crippen LogP) is 1.78. The molecule has 1 heterocycles. The Bertz CT molecular complexity index is 238. The first kappa shape index (κ1) is 11.9. The average molecular weight is 224 g/mol. The first-order chi connectivity index (χ1) is 7.81. The summed E-state index contributed by atoms with van der Waals surface area (Å²) in [5.74, 6) is 1.20. The van der Waals surface area contributed by atoms with E-state index in [1.807, 2.05) is 7.05 Å². The van der Waals surface area contributed by atoms with Crippen LogP contribution in [0, 0.1) is 5.92 Å². The molecular weight excluding hydrogens is 200 g/mol. The van der Waals surface area contributed by atoms with Gasteiger partial charge in [-0.2, -0.15) is 0 Å². The minimum atomic E-state index is 0.376. The molecule has 1 aliphatic carbocycles. The Kier molecular flexibility index (Phi) is 4.22. The van der Waals surface area contributed by atoms with Crippen LogP contribution in [0.3, 0.4) is 0 Å². The lowest BCUT2D eigenvalue weighted by Crippen LogP contribution is -2.44. The van der Waals surface area contributed by atoms with Crippen LogP contribution in [0.25, 0.3) is 0 Å². The summed E-state index contributed by atoms with van der Waals surface area (Å²) >= 11 is 0. The molecule has 1 amide bonds. The molecule has 1 saturated carbocycles. The Labute approximate surface area is 98.6 Å². The number of rotatable bonds is 4. The van der Waals surface area contributed by atoms with E-state index in [1.165, 1.54) is 32.1 Å². The summed E-state index contributed by atoms with van der Waals surface area (Å²) in [6.07, 6.45) is 8.24. The first-order valence-corrected chi connectivity index (χ1v) is 6.76. The number of amides is 1. The van der Waals surface area contributed by atoms with Crippen LogP contribution in [0.5, 0.6) is 0 Å². The predicted molar refractivity (Wildman–Crippen MR) is 65.2 cm³/mol. The van der Waals surface area contributed by atoms with Crippen molar-refractivity contribution >= 4 is 5.91 Å². The topological polar surface area (TPSA) is 32.3 Å². The van der Waals surface area contributed by atoms with Crippen molar-refractivity contribution in [3.8, 4) is 0 Å². The van der Waals surface area contributed by atoms with E-state index in [-0.39, 0.29) is 0 Å². The molecule has 1 aliphatic heterocycles. The van der Waals surface area contributed by atoms with Crippen LogP contribution in [0.1, 0.15) is 44.9 Å². The molecular formula is C13H24N2O. The van der Waals surface area contributed by atoms with Crippen molar-refractivity contribution in [2.24, 2.45) is 5.92 Å². The summed E-state index contributed by atoms with van der Waals surface area (Å²) in [7, 11) is 2.03. The van der Waals surface area contributed by atoms with Gasteiger partial charge in [-0.25, -0.2) is 0 Å². The molecule has 0 radical (unpaired) electrons. The van der Waals surface area contributed by atoms with Gasteiger partial charge in [-0.3, -0.25) is 4.79 Å². The van der Waals surface area contributed by atoms with E-state index in [0.29, 0.717) is 11.9 Å². The molecule has 16 heavy (non-hydrogen) atoms. The molecule has 1 saturated heterocycles. The molecule has 0 bridgehead atoms. The monoisotopic (exact) mass is 224 g/mol. The van der Waals surface area contributed by atoms with Crippen molar-refractivity contribution < 1.29 is 4.79 Å². The highest BCUT2D eigenvalue weighted by Gasteiger charge is 2.32. The zero-order chi connectivity index (χ0) is 11.4. The third-order valence-electron chi connectivity index (χ3n) is 3.90. The standard InChI is InChI=1S/C13H24N2O/c1-14-12(11-7-8-11)10-15-9-5-3-2-4-6-13(15)16/h11-12,14H,2-10H2,1H3. The third-order valence-corrected chi connectivity index (χ3v) is 3.90. The number of likely N-dealkylation sites (N-methyl/N-ethyl adjacent to an activating group) is 1. The molecule has 1 unspecified atom stereocenters. The van der Waals surface area contributed by atoms with Gasteiger partial charge < -0.3 is 10.2 Å². The molecule has 2 rings (SSSR count). The van der Waals surface area contributed by atoms with Crippen LogP contribution in [-0.4, -0.2) is 37.0 Å². The molecule has 0 aromatic heterocycles. The second kappa shape index (κ2) is 5.67. The number of likely N-dealkylation sites (tertiary alicyclic amines) is 1. The van der Waals surface area contributed by atoms with Gasteiger partial charge in [0.05, 0.1) is 0 Å². The fourth-order valence-electron chi connectivity index (χ4n) is 2.62. The van der Waals surface area contributed by atoms with E-state index in [9.17, 15) is 4.79 Å². The summed E-state index contributed by atoms with van der Waals surface area (Å²) in [5, 5.41) is 3.37. The molecule has 0 aromatic carbocycles. The lowest BCUT2D eigenvalue weighted by Gasteiger charge is -2.29. The lowest BCUT2D eigenvalue weighted by atomic mass is 10.1. The highest BCUT2D eigenvalue weighted by atomic mass is 16.2. The third kappa shape index (κ3) is 3.21. The van der Waals surface area contributed by atoms with Crippen LogP contribution < -0.4 is 5.32 Å². The number of nitrogens with zero attached hydrogens (tertiary/aromatic N) is 1. The summed E-state index contributed by atoms with van der Waals surface area (Å²) in [5.41, 5.74) is 0. The highest BCUT2D eigenvalue weighted by molar-refractivity contribution is 5.76. The molecule has 92 valence electrons. The second-order valence-corrected chi connectivity index (χ2v) is 5.24. The van der Waals surface area contributed by atoms with E-state index in [2.05, 4.69) is 10.2 Å². The molecule has 2 fully saturated rings. The van der Waals surface area contributed by atoms with Gasteiger partial charge in [0.2, 0.25) is 5.91 Å². The lowest BCUT2D eigenvalue weighted by molar-refractivity contribution is -0.132. The Hall–Kier alpha value is -0.570. The fourth-order valence-corrected chi connectivity index (χ4v) is 2.62. The molecule has 1 atom stereocenters. The Morgan fingerprint density at radius 2 is 2.06 bits per heavy atom. The van der Waals surface area contributed by atoms with Gasteiger partial charge in [0.25, 0.3) is 0 Å². The number of carbonyl (C=O) groups is 1. The highest BCUT2D eigenvalue weighted by Crippen LogP contribution is 2.33. The van der Waals surface area contributed by atoms with Crippen molar-refractivity contribution in [1.29, 1.82) is 0 Å². The van der Waals surface area contributed by atoms with Crippen molar-refractivity contribution in [1.82, 2.24) is 10.2 Å². The zero-order valence-electron chi connectivity index (χ0n) is 10.4. The number of hydrogen-bond acceptors (Lipinski definition) is 2. The Morgan fingerprint density at radius 3 is 2.75 bits per heavy atom. The number of hydrogen-bond donors (Lipinski definition) is 1. The SMILES string of the molecule is CNC(CN1CCCCCCC1=O)C1CC1. The van der Waals surface area contributed by atoms with Gasteiger partial charge >= 0.3 is 0 Å². The van der Waals surface area contributed by atoms with Crippen molar-refractivity contribution in [2.75, 3.05) is 20.1 Å². The van der Waals surface area contributed by atoms with Gasteiger partial charge in [0.1, 0.15) is 0 Å². The van der Waals surface area contributed by atoms with Crippen LogP contribution in [0.4, 0.5) is 0 Å².